The largest absolute Gasteiger partial charge is 0.482 e. The Balaban J connectivity index is 1.92. The van der Waals surface area contributed by atoms with Crippen molar-refractivity contribution >= 4 is 0 Å². The third-order valence-electron chi connectivity index (χ3n) is 2.80. The maximum atomic E-state index is 13.9. The van der Waals surface area contributed by atoms with E-state index in [4.69, 9.17) is 9.26 Å². The van der Waals surface area contributed by atoms with Gasteiger partial charge in [0.25, 0.3) is 0 Å². The lowest BCUT2D eigenvalue weighted by Gasteiger charge is -2.08. The molecule has 4 nitrogen and oxygen atoms in total. The first kappa shape index (κ1) is 14.5. The van der Waals surface area contributed by atoms with Crippen molar-refractivity contribution < 1.29 is 13.7 Å². The highest BCUT2D eigenvalue weighted by Crippen LogP contribution is 2.19. The molecule has 0 spiro atoms. The molecule has 0 saturated carbocycles. The van der Waals surface area contributed by atoms with Crippen LogP contribution in [-0.2, 0) is 13.2 Å². The van der Waals surface area contributed by atoms with Gasteiger partial charge in [-0.15, -0.1) is 0 Å². The molecule has 0 bridgehead atoms. The zero-order chi connectivity index (χ0) is 14.4. The van der Waals surface area contributed by atoms with E-state index in [2.05, 4.69) is 17.4 Å². The summed E-state index contributed by atoms with van der Waals surface area (Å²) < 4.78 is 24.3. The first-order chi connectivity index (χ1) is 9.69. The molecule has 0 radical (unpaired) electrons. The molecule has 0 aliphatic heterocycles. The molecule has 2 rings (SSSR count). The summed E-state index contributed by atoms with van der Waals surface area (Å²) in [5.41, 5.74) is 1.68. The number of rotatable bonds is 7. The third kappa shape index (κ3) is 4.06. The van der Waals surface area contributed by atoms with E-state index in [1.165, 1.54) is 6.07 Å². The maximum absolute atomic E-state index is 13.9. The highest BCUT2D eigenvalue weighted by atomic mass is 19.1. The minimum Gasteiger partial charge on any atom is -0.482 e. The molecule has 5 heteroatoms. The van der Waals surface area contributed by atoms with Gasteiger partial charge >= 0.3 is 0 Å². The lowest BCUT2D eigenvalue weighted by atomic mass is 10.2. The van der Waals surface area contributed by atoms with Gasteiger partial charge in [-0.25, -0.2) is 4.39 Å². The first-order valence-corrected chi connectivity index (χ1v) is 6.73. The van der Waals surface area contributed by atoms with E-state index >= 15 is 0 Å². The summed E-state index contributed by atoms with van der Waals surface area (Å²) >= 11 is 0. The number of aryl methyl sites for hydroxylation is 1. The van der Waals surface area contributed by atoms with E-state index in [0.29, 0.717) is 12.3 Å². The Labute approximate surface area is 117 Å². The van der Waals surface area contributed by atoms with Crippen LogP contribution in [-0.4, -0.2) is 11.7 Å². The van der Waals surface area contributed by atoms with E-state index in [9.17, 15) is 4.39 Å². The van der Waals surface area contributed by atoms with Gasteiger partial charge in [0.1, 0.15) is 6.61 Å². The average Bonchev–Trinajstić information content (AvgIpc) is 2.84. The number of benzene rings is 1. The van der Waals surface area contributed by atoms with Crippen molar-refractivity contribution in [2.75, 3.05) is 6.54 Å². The van der Waals surface area contributed by atoms with Crippen molar-refractivity contribution in [3.8, 4) is 5.75 Å². The summed E-state index contributed by atoms with van der Waals surface area (Å²) in [5.74, 6) is 0.436. The highest BCUT2D eigenvalue weighted by molar-refractivity contribution is 5.29. The molecule has 2 aromatic rings. The normalized spacial score (nSPS) is 10.8. The fraction of sp³-hybridized carbons (Fsp3) is 0.400. The number of hydrogen-bond acceptors (Lipinski definition) is 4. The molecule has 0 amide bonds. The second-order valence-electron chi connectivity index (χ2n) is 4.66. The molecule has 0 fully saturated rings. The van der Waals surface area contributed by atoms with E-state index in [0.717, 1.165) is 24.2 Å². The molecule has 0 unspecified atom stereocenters. The van der Waals surface area contributed by atoms with Gasteiger partial charge in [-0.1, -0.05) is 18.1 Å². The fourth-order valence-electron chi connectivity index (χ4n) is 1.81. The van der Waals surface area contributed by atoms with Gasteiger partial charge < -0.3 is 14.6 Å². The molecule has 1 aromatic heterocycles. The summed E-state index contributed by atoms with van der Waals surface area (Å²) in [6, 6.07) is 6.75. The quantitative estimate of drug-likeness (QED) is 0.790. The van der Waals surface area contributed by atoms with Crippen LogP contribution in [0.15, 0.2) is 28.8 Å². The lowest BCUT2D eigenvalue weighted by Crippen LogP contribution is -2.13. The van der Waals surface area contributed by atoms with Crippen molar-refractivity contribution in [3.05, 3.63) is 47.1 Å². The smallest absolute Gasteiger partial charge is 0.174 e. The molecule has 20 heavy (non-hydrogen) atoms. The summed E-state index contributed by atoms with van der Waals surface area (Å²) in [6.07, 6.45) is 1.06. The zero-order valence-electron chi connectivity index (χ0n) is 11.8. The van der Waals surface area contributed by atoms with Crippen LogP contribution in [0.5, 0.6) is 5.75 Å². The minimum absolute atomic E-state index is 0.172. The highest BCUT2D eigenvalue weighted by Gasteiger charge is 2.07. The van der Waals surface area contributed by atoms with Crippen LogP contribution in [0.2, 0.25) is 0 Å². The number of ether oxygens (including phenoxy) is 1. The van der Waals surface area contributed by atoms with Crippen LogP contribution in [0, 0.1) is 12.7 Å². The lowest BCUT2D eigenvalue weighted by molar-refractivity contribution is 0.240. The average molecular weight is 278 g/mol. The topological polar surface area (TPSA) is 47.3 Å². The molecule has 1 N–H and O–H groups in total. The predicted molar refractivity (Wildman–Crippen MR) is 74.0 cm³/mol. The predicted octanol–water partition coefficient (Wildman–Crippen LogP) is 3.20. The van der Waals surface area contributed by atoms with Gasteiger partial charge in [-0.2, -0.15) is 0 Å². The molecule has 108 valence electrons. The molecular formula is C15H19FN2O2. The number of aromatic nitrogens is 1. The van der Waals surface area contributed by atoms with Crippen LogP contribution < -0.4 is 10.1 Å². The zero-order valence-corrected chi connectivity index (χ0v) is 11.8. The second-order valence-corrected chi connectivity index (χ2v) is 4.66. The fourth-order valence-corrected chi connectivity index (χ4v) is 1.81. The Morgan fingerprint density at radius 1 is 1.35 bits per heavy atom. The van der Waals surface area contributed by atoms with Crippen LogP contribution in [0.4, 0.5) is 4.39 Å². The number of nitrogens with zero attached hydrogens (tertiary/aromatic N) is 1. The van der Waals surface area contributed by atoms with Crippen LogP contribution in [0.3, 0.4) is 0 Å². The van der Waals surface area contributed by atoms with E-state index in [1.54, 1.807) is 12.1 Å². The van der Waals surface area contributed by atoms with Crippen molar-refractivity contribution in [3.63, 3.8) is 0 Å². The number of halogens is 1. The Morgan fingerprint density at radius 3 is 2.85 bits per heavy atom. The van der Waals surface area contributed by atoms with Crippen molar-refractivity contribution in [1.82, 2.24) is 10.5 Å². The third-order valence-corrected chi connectivity index (χ3v) is 2.80. The SMILES string of the molecule is CCCNCc1ccc(OCc2cc(C)no2)c(F)c1. The maximum Gasteiger partial charge on any atom is 0.174 e. The van der Waals surface area contributed by atoms with Gasteiger partial charge in [0.2, 0.25) is 0 Å². The van der Waals surface area contributed by atoms with Gasteiger partial charge in [-0.05, 0) is 37.6 Å². The number of nitrogens with one attached hydrogen (secondary N) is 1. The molecule has 1 aromatic carbocycles. The Bertz CT molecular complexity index is 555. The number of hydrogen-bond donors (Lipinski definition) is 1. The second kappa shape index (κ2) is 7.05. The van der Waals surface area contributed by atoms with E-state index in [-0.39, 0.29) is 18.2 Å². The molecule has 0 aliphatic rings. The van der Waals surface area contributed by atoms with E-state index < -0.39 is 0 Å². The monoisotopic (exact) mass is 278 g/mol. The first-order valence-electron chi connectivity index (χ1n) is 6.73. The van der Waals surface area contributed by atoms with E-state index in [1.807, 2.05) is 13.0 Å². The summed E-state index contributed by atoms with van der Waals surface area (Å²) in [5, 5.41) is 6.98. The summed E-state index contributed by atoms with van der Waals surface area (Å²) in [6.45, 7) is 5.67. The molecular weight excluding hydrogens is 259 g/mol. The van der Waals surface area contributed by atoms with Crippen LogP contribution in [0.1, 0.15) is 30.4 Å². The van der Waals surface area contributed by atoms with Crippen LogP contribution in [0.25, 0.3) is 0 Å². The standard InChI is InChI=1S/C15H19FN2O2/c1-3-6-17-9-12-4-5-15(14(16)8-12)19-10-13-7-11(2)18-20-13/h4-5,7-8,17H,3,6,9-10H2,1-2H3. The van der Waals surface area contributed by atoms with Gasteiger partial charge in [-0.3, -0.25) is 0 Å². The molecule has 0 saturated heterocycles. The van der Waals surface area contributed by atoms with Crippen LogP contribution >= 0.6 is 0 Å². The minimum atomic E-state index is -0.364. The van der Waals surface area contributed by atoms with Crippen molar-refractivity contribution in [2.45, 2.75) is 33.4 Å². The van der Waals surface area contributed by atoms with Gasteiger partial charge in [0, 0.05) is 12.6 Å². The Hall–Kier alpha value is -1.88. The Morgan fingerprint density at radius 2 is 2.20 bits per heavy atom. The van der Waals surface area contributed by atoms with Gasteiger partial charge in [0.05, 0.1) is 5.69 Å². The summed E-state index contributed by atoms with van der Waals surface area (Å²) in [7, 11) is 0. The van der Waals surface area contributed by atoms with Crippen molar-refractivity contribution in [1.29, 1.82) is 0 Å². The Kier molecular flexibility index (Phi) is 5.12. The molecule has 0 atom stereocenters. The summed E-state index contributed by atoms with van der Waals surface area (Å²) in [4.78, 5) is 0. The van der Waals surface area contributed by atoms with Gasteiger partial charge in [0.15, 0.2) is 17.3 Å². The van der Waals surface area contributed by atoms with Crippen molar-refractivity contribution in [2.24, 2.45) is 0 Å². The molecule has 1 heterocycles. The molecule has 0 aliphatic carbocycles.